The number of nitrogens with one attached hydrogen (secondary N) is 1. The summed E-state index contributed by atoms with van der Waals surface area (Å²) in [6, 6.07) is 12.6. The summed E-state index contributed by atoms with van der Waals surface area (Å²) in [5.41, 5.74) is 3.32. The summed E-state index contributed by atoms with van der Waals surface area (Å²) in [4.78, 5) is 34.5. The topological polar surface area (TPSA) is 65.5 Å². The largest absolute Gasteiger partial charge is 0.352 e. The molecule has 6 heteroatoms. The molecule has 4 rings (SSSR count). The second-order valence-electron chi connectivity index (χ2n) is 9.36. The van der Waals surface area contributed by atoms with Crippen LogP contribution in [0.1, 0.15) is 44.6 Å². The lowest BCUT2D eigenvalue weighted by Gasteiger charge is -2.26. The van der Waals surface area contributed by atoms with E-state index in [0.29, 0.717) is 38.6 Å². The molecule has 1 saturated carbocycles. The van der Waals surface area contributed by atoms with Gasteiger partial charge < -0.3 is 10.2 Å². The van der Waals surface area contributed by atoms with Crippen molar-refractivity contribution in [3.05, 3.63) is 54.4 Å². The van der Waals surface area contributed by atoms with Crippen LogP contribution in [-0.4, -0.2) is 65.4 Å². The predicted molar refractivity (Wildman–Crippen MR) is 131 cm³/mol. The van der Waals surface area contributed by atoms with E-state index in [4.69, 9.17) is 0 Å². The van der Waals surface area contributed by atoms with Crippen LogP contribution in [0.3, 0.4) is 0 Å². The first-order valence-corrected chi connectivity index (χ1v) is 12.4. The number of pyridine rings is 1. The molecule has 176 valence electrons. The van der Waals surface area contributed by atoms with Gasteiger partial charge in [-0.2, -0.15) is 0 Å². The SMILES string of the molecule is CCN1CCN(CC(=O)NC2CCCCC2)C[C@@H](Cc2ccccc2-c2cccnc2)C1=O. The van der Waals surface area contributed by atoms with Gasteiger partial charge >= 0.3 is 0 Å². The highest BCUT2D eigenvalue weighted by Crippen LogP contribution is 2.27. The summed E-state index contributed by atoms with van der Waals surface area (Å²) >= 11 is 0. The van der Waals surface area contributed by atoms with Crippen molar-refractivity contribution in [3.8, 4) is 11.1 Å². The van der Waals surface area contributed by atoms with Crippen molar-refractivity contribution in [1.29, 1.82) is 0 Å². The van der Waals surface area contributed by atoms with Crippen LogP contribution in [-0.2, 0) is 16.0 Å². The summed E-state index contributed by atoms with van der Waals surface area (Å²) < 4.78 is 0. The van der Waals surface area contributed by atoms with Crippen molar-refractivity contribution in [1.82, 2.24) is 20.1 Å². The molecule has 2 fully saturated rings. The second kappa shape index (κ2) is 11.4. The van der Waals surface area contributed by atoms with Crippen LogP contribution in [0.5, 0.6) is 0 Å². The maximum Gasteiger partial charge on any atom is 0.234 e. The van der Waals surface area contributed by atoms with Crippen LogP contribution in [0, 0.1) is 5.92 Å². The van der Waals surface area contributed by atoms with Crippen molar-refractivity contribution in [2.75, 3.05) is 32.7 Å². The molecule has 1 aromatic heterocycles. The fourth-order valence-corrected chi connectivity index (χ4v) is 5.21. The Bertz CT molecular complexity index is 927. The molecule has 0 radical (unpaired) electrons. The van der Waals surface area contributed by atoms with Gasteiger partial charge in [-0.05, 0) is 43.4 Å². The molecule has 1 saturated heterocycles. The van der Waals surface area contributed by atoms with Gasteiger partial charge in [0.1, 0.15) is 0 Å². The Kier molecular flexibility index (Phi) is 8.10. The normalized spacial score (nSPS) is 20.5. The van der Waals surface area contributed by atoms with Crippen molar-refractivity contribution >= 4 is 11.8 Å². The van der Waals surface area contributed by atoms with Gasteiger partial charge in [0, 0.05) is 50.2 Å². The summed E-state index contributed by atoms with van der Waals surface area (Å²) in [5, 5.41) is 3.23. The smallest absolute Gasteiger partial charge is 0.234 e. The first-order valence-electron chi connectivity index (χ1n) is 12.4. The average molecular weight is 449 g/mol. The van der Waals surface area contributed by atoms with Crippen molar-refractivity contribution in [3.63, 3.8) is 0 Å². The third-order valence-corrected chi connectivity index (χ3v) is 7.00. The molecule has 1 aromatic carbocycles. The van der Waals surface area contributed by atoms with Crippen LogP contribution in [0.15, 0.2) is 48.8 Å². The zero-order valence-electron chi connectivity index (χ0n) is 19.7. The van der Waals surface area contributed by atoms with Gasteiger partial charge in [-0.15, -0.1) is 0 Å². The zero-order valence-corrected chi connectivity index (χ0v) is 19.7. The molecule has 1 N–H and O–H groups in total. The molecule has 1 atom stereocenters. The van der Waals surface area contributed by atoms with Gasteiger partial charge in [-0.25, -0.2) is 0 Å². The molecule has 2 aliphatic rings. The Morgan fingerprint density at radius 1 is 1.09 bits per heavy atom. The van der Waals surface area contributed by atoms with Crippen LogP contribution < -0.4 is 5.32 Å². The Balaban J connectivity index is 1.48. The monoisotopic (exact) mass is 448 g/mol. The molecule has 6 nitrogen and oxygen atoms in total. The van der Waals surface area contributed by atoms with E-state index in [-0.39, 0.29) is 17.7 Å². The van der Waals surface area contributed by atoms with E-state index in [1.165, 1.54) is 19.3 Å². The molecule has 2 amide bonds. The highest BCUT2D eigenvalue weighted by molar-refractivity contribution is 5.81. The number of nitrogens with zero attached hydrogens (tertiary/aromatic N) is 3. The molecule has 0 spiro atoms. The number of carbonyl (C=O) groups excluding carboxylic acids is 2. The Morgan fingerprint density at radius 2 is 1.91 bits per heavy atom. The fourth-order valence-electron chi connectivity index (χ4n) is 5.21. The fraction of sp³-hybridized carbons (Fsp3) is 0.519. The predicted octanol–water partition coefficient (Wildman–Crippen LogP) is 3.52. The van der Waals surface area contributed by atoms with E-state index in [9.17, 15) is 9.59 Å². The summed E-state index contributed by atoms with van der Waals surface area (Å²) in [7, 11) is 0. The molecule has 2 aromatic rings. The zero-order chi connectivity index (χ0) is 23.0. The third kappa shape index (κ3) is 6.20. The van der Waals surface area contributed by atoms with Crippen molar-refractivity contribution in [2.24, 2.45) is 5.92 Å². The lowest BCUT2D eigenvalue weighted by Crippen LogP contribution is -2.44. The molecule has 1 aliphatic carbocycles. The van der Waals surface area contributed by atoms with Gasteiger partial charge in [-0.3, -0.25) is 19.5 Å². The minimum absolute atomic E-state index is 0.0915. The van der Waals surface area contributed by atoms with E-state index in [0.717, 1.165) is 36.1 Å². The molecule has 2 heterocycles. The van der Waals surface area contributed by atoms with Gasteiger partial charge in [0.15, 0.2) is 0 Å². The van der Waals surface area contributed by atoms with Gasteiger partial charge in [0.25, 0.3) is 0 Å². The van der Waals surface area contributed by atoms with E-state index in [1.807, 2.05) is 36.2 Å². The lowest BCUT2D eigenvalue weighted by molar-refractivity contribution is -0.134. The van der Waals surface area contributed by atoms with Crippen LogP contribution >= 0.6 is 0 Å². The molecule has 1 aliphatic heterocycles. The number of amides is 2. The average Bonchev–Trinajstić information content (AvgIpc) is 2.99. The molecular formula is C27H36N4O2. The minimum Gasteiger partial charge on any atom is -0.352 e. The molecule has 0 unspecified atom stereocenters. The number of carbonyl (C=O) groups is 2. The second-order valence-corrected chi connectivity index (χ2v) is 9.36. The quantitative estimate of drug-likeness (QED) is 0.704. The van der Waals surface area contributed by atoms with Gasteiger partial charge in [-0.1, -0.05) is 49.6 Å². The Labute approximate surface area is 197 Å². The Hall–Kier alpha value is -2.73. The summed E-state index contributed by atoms with van der Waals surface area (Å²) in [6.45, 7) is 5.10. The highest BCUT2D eigenvalue weighted by atomic mass is 16.2. The van der Waals surface area contributed by atoms with Crippen LogP contribution in [0.25, 0.3) is 11.1 Å². The number of aromatic nitrogens is 1. The third-order valence-electron chi connectivity index (χ3n) is 7.00. The summed E-state index contributed by atoms with van der Waals surface area (Å²) in [6.07, 6.45) is 10.1. The van der Waals surface area contributed by atoms with Crippen LogP contribution in [0.4, 0.5) is 0 Å². The summed E-state index contributed by atoms with van der Waals surface area (Å²) in [5.74, 6) is 0.107. The first kappa shape index (κ1) is 23.4. The molecule has 33 heavy (non-hydrogen) atoms. The maximum absolute atomic E-state index is 13.4. The van der Waals surface area contributed by atoms with Crippen molar-refractivity contribution < 1.29 is 9.59 Å². The van der Waals surface area contributed by atoms with Crippen LogP contribution in [0.2, 0.25) is 0 Å². The first-order chi connectivity index (χ1) is 16.1. The van der Waals surface area contributed by atoms with E-state index >= 15 is 0 Å². The number of rotatable bonds is 7. The van der Waals surface area contributed by atoms with E-state index in [2.05, 4.69) is 33.4 Å². The Morgan fingerprint density at radius 3 is 2.67 bits per heavy atom. The number of likely N-dealkylation sites (N-methyl/N-ethyl adjacent to an activating group) is 1. The molecule has 0 bridgehead atoms. The number of benzene rings is 1. The number of hydrogen-bond donors (Lipinski definition) is 1. The standard InChI is InChI=1S/C27H36N4O2/c1-2-31-16-15-30(20-26(32)29-24-11-4-3-5-12-24)19-23(27(31)33)17-21-9-6-7-13-25(21)22-10-8-14-28-18-22/h6-10,13-14,18,23-24H,2-5,11-12,15-17,19-20H2,1H3,(H,29,32)/t23-/m1/s1. The lowest BCUT2D eigenvalue weighted by atomic mass is 9.91. The van der Waals surface area contributed by atoms with E-state index in [1.54, 1.807) is 6.20 Å². The number of hydrogen-bond acceptors (Lipinski definition) is 4. The van der Waals surface area contributed by atoms with Crippen molar-refractivity contribution in [2.45, 2.75) is 51.5 Å². The van der Waals surface area contributed by atoms with Gasteiger partial charge in [0.05, 0.1) is 12.5 Å². The maximum atomic E-state index is 13.4. The molecular weight excluding hydrogens is 412 g/mol. The highest BCUT2D eigenvalue weighted by Gasteiger charge is 2.31. The minimum atomic E-state index is -0.173. The van der Waals surface area contributed by atoms with E-state index < -0.39 is 0 Å². The van der Waals surface area contributed by atoms with Gasteiger partial charge in [0.2, 0.25) is 11.8 Å².